The SMILES string of the molecule is CC(=O)N(O)C1(CCC(C)C)C(=O)C(C2=NS(=O)(=O)c3cc(NS(C)(=O)=O)ccc3N2)=C(O)c2ccccc21. The van der Waals surface area contributed by atoms with E-state index in [1.165, 1.54) is 24.3 Å². The number of fused-ring (bicyclic) bond motifs is 2. The van der Waals surface area contributed by atoms with Crippen LogP contribution in [0.25, 0.3) is 5.76 Å². The largest absolute Gasteiger partial charge is 0.506 e. The third-order valence-electron chi connectivity index (χ3n) is 6.47. The van der Waals surface area contributed by atoms with Crippen molar-refractivity contribution in [1.29, 1.82) is 0 Å². The number of carbonyl (C=O) groups is 2. The van der Waals surface area contributed by atoms with Gasteiger partial charge in [0.25, 0.3) is 10.0 Å². The lowest BCUT2D eigenvalue weighted by Gasteiger charge is -2.43. The molecule has 4 N–H and O–H groups in total. The predicted octanol–water partition coefficient (Wildman–Crippen LogP) is 2.99. The molecule has 1 amide bonds. The Balaban J connectivity index is 1.93. The fourth-order valence-corrected chi connectivity index (χ4v) is 6.42. The van der Waals surface area contributed by atoms with E-state index in [4.69, 9.17) is 0 Å². The summed E-state index contributed by atoms with van der Waals surface area (Å²) in [7, 11) is -8.19. The number of amidine groups is 1. The van der Waals surface area contributed by atoms with Gasteiger partial charge in [0.05, 0.1) is 11.9 Å². The molecule has 208 valence electrons. The first-order valence-electron chi connectivity index (χ1n) is 11.9. The van der Waals surface area contributed by atoms with E-state index in [-0.39, 0.29) is 39.7 Å². The molecule has 1 atom stereocenters. The summed E-state index contributed by atoms with van der Waals surface area (Å²) in [4.78, 5) is 26.4. The molecule has 0 aromatic heterocycles. The number of nitrogens with zero attached hydrogens (tertiary/aromatic N) is 2. The molecular weight excluding hydrogens is 548 g/mol. The second-order valence-corrected chi connectivity index (χ2v) is 13.2. The lowest BCUT2D eigenvalue weighted by molar-refractivity contribution is -0.198. The Morgan fingerprint density at radius 3 is 2.49 bits per heavy atom. The van der Waals surface area contributed by atoms with Gasteiger partial charge in [0.1, 0.15) is 16.2 Å². The first kappa shape index (κ1) is 28.3. The van der Waals surface area contributed by atoms with Crippen LogP contribution in [0.4, 0.5) is 11.4 Å². The van der Waals surface area contributed by atoms with Gasteiger partial charge < -0.3 is 10.4 Å². The van der Waals surface area contributed by atoms with Crippen molar-refractivity contribution in [3.63, 3.8) is 0 Å². The third-order valence-corrected chi connectivity index (χ3v) is 8.40. The lowest BCUT2D eigenvalue weighted by atomic mass is 9.71. The summed E-state index contributed by atoms with van der Waals surface area (Å²) < 4.78 is 55.5. The highest BCUT2D eigenvalue weighted by molar-refractivity contribution is 7.92. The number of Topliss-reactive ketones (excluding diaryl/α,β-unsaturated/α-hetero) is 1. The molecule has 0 spiro atoms. The number of benzene rings is 2. The molecule has 12 nitrogen and oxygen atoms in total. The molecule has 14 heteroatoms. The molecule has 1 aliphatic carbocycles. The van der Waals surface area contributed by atoms with Crippen LogP contribution in [0.2, 0.25) is 0 Å². The molecule has 4 rings (SSSR count). The van der Waals surface area contributed by atoms with Crippen molar-refractivity contribution in [3.05, 3.63) is 59.2 Å². The molecular formula is C25H28N4O8S2. The van der Waals surface area contributed by atoms with Crippen molar-refractivity contribution >= 4 is 54.7 Å². The van der Waals surface area contributed by atoms with Crippen molar-refractivity contribution in [2.75, 3.05) is 16.3 Å². The minimum Gasteiger partial charge on any atom is -0.506 e. The van der Waals surface area contributed by atoms with E-state index in [9.17, 15) is 36.7 Å². The Hall–Kier alpha value is -3.75. The van der Waals surface area contributed by atoms with Crippen molar-refractivity contribution in [2.24, 2.45) is 10.3 Å². The second kappa shape index (κ2) is 9.77. The number of aliphatic hydroxyl groups excluding tert-OH is 1. The Labute approximate surface area is 226 Å². The summed E-state index contributed by atoms with van der Waals surface area (Å²) in [5, 5.41) is 25.4. The molecule has 2 aliphatic rings. The van der Waals surface area contributed by atoms with Gasteiger partial charge >= 0.3 is 0 Å². The fraction of sp³-hybridized carbons (Fsp3) is 0.320. The second-order valence-electron chi connectivity index (χ2n) is 9.85. The van der Waals surface area contributed by atoms with Crippen LogP contribution < -0.4 is 10.0 Å². The van der Waals surface area contributed by atoms with Gasteiger partial charge in [-0.1, -0.05) is 38.1 Å². The van der Waals surface area contributed by atoms with Gasteiger partial charge in [0.15, 0.2) is 11.4 Å². The van der Waals surface area contributed by atoms with Crippen LogP contribution in [-0.4, -0.2) is 56.0 Å². The van der Waals surface area contributed by atoms with Crippen molar-refractivity contribution in [2.45, 2.75) is 44.0 Å². The van der Waals surface area contributed by atoms with Gasteiger partial charge in [-0.05, 0) is 42.5 Å². The summed E-state index contributed by atoms with van der Waals surface area (Å²) >= 11 is 0. The quantitative estimate of drug-likeness (QED) is 0.284. The highest BCUT2D eigenvalue weighted by Gasteiger charge is 2.54. The number of nitrogens with one attached hydrogen (secondary N) is 2. The zero-order valence-corrected chi connectivity index (χ0v) is 23.2. The number of rotatable bonds is 7. The molecule has 0 bridgehead atoms. The fourth-order valence-electron chi connectivity index (χ4n) is 4.72. The van der Waals surface area contributed by atoms with E-state index in [0.29, 0.717) is 11.5 Å². The molecule has 2 aromatic rings. The minimum absolute atomic E-state index is 0.0184. The van der Waals surface area contributed by atoms with Gasteiger partial charge in [-0.25, -0.2) is 13.5 Å². The normalized spacial score (nSPS) is 20.1. The van der Waals surface area contributed by atoms with Crippen molar-refractivity contribution < 1.29 is 36.7 Å². The first-order valence-corrected chi connectivity index (χ1v) is 15.2. The number of amides is 1. The van der Waals surface area contributed by atoms with Crippen LogP contribution in [-0.2, 0) is 35.2 Å². The minimum atomic E-state index is -4.49. The Kier molecular flexibility index (Phi) is 7.08. The molecule has 1 heterocycles. The molecule has 0 saturated carbocycles. The number of aliphatic hydroxyl groups is 1. The average Bonchev–Trinajstić information content (AvgIpc) is 2.83. The lowest BCUT2D eigenvalue weighted by Crippen LogP contribution is -2.56. The van der Waals surface area contributed by atoms with E-state index in [1.54, 1.807) is 12.1 Å². The maximum absolute atomic E-state index is 14.2. The van der Waals surface area contributed by atoms with E-state index < -0.39 is 54.4 Å². The summed E-state index contributed by atoms with van der Waals surface area (Å²) in [6.45, 7) is 4.89. The van der Waals surface area contributed by atoms with E-state index in [1.807, 2.05) is 13.8 Å². The number of hydrogen-bond acceptors (Lipinski definition) is 9. The van der Waals surface area contributed by atoms with Crippen LogP contribution in [0.1, 0.15) is 44.7 Å². The topological polar surface area (TPSA) is 183 Å². The molecule has 2 aromatic carbocycles. The molecule has 1 aliphatic heterocycles. The van der Waals surface area contributed by atoms with Crippen LogP contribution in [0.3, 0.4) is 0 Å². The van der Waals surface area contributed by atoms with Gasteiger partial charge in [0.2, 0.25) is 21.7 Å². The van der Waals surface area contributed by atoms with Gasteiger partial charge in [0, 0.05) is 18.2 Å². The Morgan fingerprint density at radius 2 is 1.87 bits per heavy atom. The van der Waals surface area contributed by atoms with Crippen LogP contribution in [0.15, 0.2) is 57.3 Å². The number of hydroxylamine groups is 2. The average molecular weight is 577 g/mol. The van der Waals surface area contributed by atoms with Crippen LogP contribution in [0.5, 0.6) is 0 Å². The predicted molar refractivity (Wildman–Crippen MR) is 144 cm³/mol. The van der Waals surface area contributed by atoms with Crippen molar-refractivity contribution in [1.82, 2.24) is 5.06 Å². The summed E-state index contributed by atoms with van der Waals surface area (Å²) in [5.41, 5.74) is -2.22. The highest BCUT2D eigenvalue weighted by Crippen LogP contribution is 2.46. The highest BCUT2D eigenvalue weighted by atomic mass is 32.2. The zero-order chi connectivity index (χ0) is 28.9. The first-order chi connectivity index (χ1) is 18.1. The smallest absolute Gasteiger partial charge is 0.286 e. The molecule has 1 unspecified atom stereocenters. The third kappa shape index (κ3) is 5.02. The van der Waals surface area contributed by atoms with E-state index in [0.717, 1.165) is 19.2 Å². The van der Waals surface area contributed by atoms with Gasteiger partial charge in [-0.15, -0.1) is 4.40 Å². The summed E-state index contributed by atoms with van der Waals surface area (Å²) in [6, 6.07) is 9.87. The Bertz CT molecular complexity index is 1660. The number of hydrogen-bond donors (Lipinski definition) is 4. The number of carbonyl (C=O) groups excluding carboxylic acids is 2. The standard InChI is InChI=1S/C25H28N4O8S2/c1-14(2)11-12-25(29(33)15(3)30)18-8-6-5-7-17(18)22(31)21(23(25)32)24-26-19-10-9-16(27-38(4,34)35)13-20(19)39(36,37)28-24/h5-10,13-14,27,31,33H,11-12H2,1-4H3,(H,26,28). The van der Waals surface area contributed by atoms with Crippen LogP contribution in [0, 0.1) is 5.92 Å². The number of ketones is 1. The molecule has 0 fully saturated rings. The summed E-state index contributed by atoms with van der Waals surface area (Å²) in [6.07, 6.45) is 1.29. The maximum Gasteiger partial charge on any atom is 0.286 e. The van der Waals surface area contributed by atoms with E-state index in [2.05, 4.69) is 14.4 Å². The number of sulfonamides is 2. The van der Waals surface area contributed by atoms with Gasteiger partial charge in [-0.3, -0.25) is 19.5 Å². The number of anilines is 2. The zero-order valence-electron chi connectivity index (χ0n) is 21.6. The van der Waals surface area contributed by atoms with E-state index >= 15 is 0 Å². The van der Waals surface area contributed by atoms with Crippen LogP contribution >= 0.6 is 0 Å². The summed E-state index contributed by atoms with van der Waals surface area (Å²) in [5.74, 6) is -2.76. The monoisotopic (exact) mass is 576 g/mol. The Morgan fingerprint density at radius 1 is 1.21 bits per heavy atom. The molecule has 39 heavy (non-hydrogen) atoms. The maximum atomic E-state index is 14.2. The molecule has 0 saturated heterocycles. The molecule has 0 radical (unpaired) electrons. The van der Waals surface area contributed by atoms with Gasteiger partial charge in [-0.2, -0.15) is 8.42 Å². The van der Waals surface area contributed by atoms with Crippen molar-refractivity contribution in [3.8, 4) is 0 Å².